The maximum absolute atomic E-state index is 12.9. The van der Waals surface area contributed by atoms with Gasteiger partial charge >= 0.3 is 5.97 Å². The molecule has 1 amide bonds. The molecule has 128 valence electrons. The van der Waals surface area contributed by atoms with E-state index in [9.17, 15) is 14.0 Å². The molecule has 2 unspecified atom stereocenters. The average Bonchev–Trinajstić information content (AvgIpc) is 2.95. The lowest BCUT2D eigenvalue weighted by Crippen LogP contribution is -2.40. The number of carboxylic acid groups (broad SMARTS) is 1. The number of halogens is 1. The smallest absolute Gasteiger partial charge is 0.308 e. The van der Waals surface area contributed by atoms with Crippen molar-refractivity contribution in [3.8, 4) is 0 Å². The SMILES string of the molecule is CC(NC(=O)Cc1csc(Cc2ccc(F)cc2)n1)C(C)C(=O)O. The van der Waals surface area contributed by atoms with Gasteiger partial charge in [-0.1, -0.05) is 12.1 Å². The zero-order valence-corrected chi connectivity index (χ0v) is 14.3. The molecule has 0 spiro atoms. The number of hydrogen-bond donors (Lipinski definition) is 2. The molecule has 2 rings (SSSR count). The largest absolute Gasteiger partial charge is 0.481 e. The zero-order chi connectivity index (χ0) is 17.7. The van der Waals surface area contributed by atoms with Crippen LogP contribution in [0.3, 0.4) is 0 Å². The van der Waals surface area contributed by atoms with Crippen LogP contribution in [0, 0.1) is 11.7 Å². The fourth-order valence-electron chi connectivity index (χ4n) is 2.10. The van der Waals surface area contributed by atoms with E-state index in [2.05, 4.69) is 10.3 Å². The average molecular weight is 350 g/mol. The van der Waals surface area contributed by atoms with Crippen molar-refractivity contribution in [2.75, 3.05) is 0 Å². The highest BCUT2D eigenvalue weighted by Crippen LogP contribution is 2.16. The van der Waals surface area contributed by atoms with Crippen LogP contribution >= 0.6 is 11.3 Å². The highest BCUT2D eigenvalue weighted by molar-refractivity contribution is 7.09. The Morgan fingerprint density at radius 1 is 1.29 bits per heavy atom. The summed E-state index contributed by atoms with van der Waals surface area (Å²) in [4.78, 5) is 27.3. The van der Waals surface area contributed by atoms with Crippen LogP contribution in [-0.2, 0) is 22.4 Å². The van der Waals surface area contributed by atoms with E-state index in [0.717, 1.165) is 10.6 Å². The van der Waals surface area contributed by atoms with Gasteiger partial charge in [0.05, 0.1) is 23.0 Å². The van der Waals surface area contributed by atoms with Gasteiger partial charge in [-0.25, -0.2) is 9.37 Å². The number of nitrogens with one attached hydrogen (secondary N) is 1. The first kappa shape index (κ1) is 18.1. The Bertz CT molecular complexity index is 715. The van der Waals surface area contributed by atoms with Gasteiger partial charge in [0.1, 0.15) is 5.82 Å². The number of rotatable bonds is 7. The van der Waals surface area contributed by atoms with E-state index in [0.29, 0.717) is 12.1 Å². The number of carbonyl (C=O) groups excluding carboxylic acids is 1. The first-order valence-corrected chi connectivity index (χ1v) is 8.43. The number of aromatic nitrogens is 1. The molecule has 2 atom stereocenters. The van der Waals surface area contributed by atoms with Crippen LogP contribution in [-0.4, -0.2) is 28.0 Å². The molecule has 0 aliphatic rings. The van der Waals surface area contributed by atoms with E-state index >= 15 is 0 Å². The summed E-state index contributed by atoms with van der Waals surface area (Å²) in [6, 6.07) is 5.77. The van der Waals surface area contributed by atoms with Crippen molar-refractivity contribution in [2.24, 2.45) is 5.92 Å². The van der Waals surface area contributed by atoms with Crippen molar-refractivity contribution in [3.63, 3.8) is 0 Å². The van der Waals surface area contributed by atoms with Gasteiger partial charge in [0.2, 0.25) is 5.91 Å². The minimum absolute atomic E-state index is 0.108. The van der Waals surface area contributed by atoms with E-state index in [1.54, 1.807) is 26.0 Å². The van der Waals surface area contributed by atoms with Crippen molar-refractivity contribution >= 4 is 23.2 Å². The minimum Gasteiger partial charge on any atom is -0.481 e. The fraction of sp³-hybridized carbons (Fsp3) is 0.353. The molecule has 7 heteroatoms. The van der Waals surface area contributed by atoms with E-state index in [1.807, 2.05) is 5.38 Å². The molecular weight excluding hydrogens is 331 g/mol. The summed E-state index contributed by atoms with van der Waals surface area (Å²) >= 11 is 1.44. The summed E-state index contributed by atoms with van der Waals surface area (Å²) in [5, 5.41) is 14.3. The normalized spacial score (nSPS) is 13.3. The minimum atomic E-state index is -0.946. The molecule has 0 bridgehead atoms. The monoisotopic (exact) mass is 350 g/mol. The molecular formula is C17H19FN2O3S. The number of nitrogens with zero attached hydrogens (tertiary/aromatic N) is 1. The zero-order valence-electron chi connectivity index (χ0n) is 13.5. The third-order valence-corrected chi connectivity index (χ3v) is 4.64. The molecule has 0 saturated carbocycles. The van der Waals surface area contributed by atoms with E-state index < -0.39 is 17.9 Å². The number of benzene rings is 1. The molecule has 1 aromatic heterocycles. The van der Waals surface area contributed by atoms with E-state index in [-0.39, 0.29) is 18.1 Å². The Balaban J connectivity index is 1.90. The standard InChI is InChI=1S/C17H19FN2O3S/c1-10(17(22)23)11(2)19-15(21)8-14-9-24-16(20-14)7-12-3-5-13(18)6-4-12/h3-6,9-11H,7-8H2,1-2H3,(H,19,21)(H,22,23). The first-order valence-electron chi connectivity index (χ1n) is 7.55. The third-order valence-electron chi connectivity index (χ3n) is 3.74. The quantitative estimate of drug-likeness (QED) is 0.805. The van der Waals surface area contributed by atoms with Gasteiger partial charge in [0.25, 0.3) is 0 Å². The van der Waals surface area contributed by atoms with Gasteiger partial charge < -0.3 is 10.4 Å². The summed E-state index contributed by atoms with van der Waals surface area (Å²) in [6.07, 6.45) is 0.690. The summed E-state index contributed by atoms with van der Waals surface area (Å²) in [5.41, 5.74) is 1.59. The van der Waals surface area contributed by atoms with Crippen molar-refractivity contribution < 1.29 is 19.1 Å². The fourth-order valence-corrected chi connectivity index (χ4v) is 2.92. The van der Waals surface area contributed by atoms with Crippen LogP contribution in [0.1, 0.15) is 30.1 Å². The second-order valence-corrected chi connectivity index (χ2v) is 6.64. The Morgan fingerprint density at radius 3 is 2.58 bits per heavy atom. The third kappa shape index (κ3) is 5.13. The summed E-state index contributed by atoms with van der Waals surface area (Å²) in [6.45, 7) is 3.22. The van der Waals surface area contributed by atoms with Crippen LogP contribution in [0.2, 0.25) is 0 Å². The number of amides is 1. The van der Waals surface area contributed by atoms with Crippen LogP contribution < -0.4 is 5.32 Å². The predicted molar refractivity (Wildman–Crippen MR) is 89.4 cm³/mol. The molecule has 0 fully saturated rings. The lowest BCUT2D eigenvalue weighted by Gasteiger charge is -2.17. The van der Waals surface area contributed by atoms with Gasteiger partial charge in [-0.3, -0.25) is 9.59 Å². The number of aliphatic carboxylic acids is 1. The van der Waals surface area contributed by atoms with Gasteiger partial charge in [-0.05, 0) is 31.5 Å². The maximum Gasteiger partial charge on any atom is 0.308 e. The Labute approximate surface area is 143 Å². The molecule has 5 nitrogen and oxygen atoms in total. The second kappa shape index (κ2) is 8.01. The predicted octanol–water partition coefficient (Wildman–Crippen LogP) is 2.64. The molecule has 0 saturated heterocycles. The molecule has 24 heavy (non-hydrogen) atoms. The number of hydrogen-bond acceptors (Lipinski definition) is 4. The Kier molecular flexibility index (Phi) is 6.03. The highest BCUT2D eigenvalue weighted by Gasteiger charge is 2.21. The Morgan fingerprint density at radius 2 is 1.96 bits per heavy atom. The van der Waals surface area contributed by atoms with Crippen molar-refractivity contribution in [2.45, 2.75) is 32.7 Å². The number of thiazole rings is 1. The van der Waals surface area contributed by atoms with Crippen LogP contribution in [0.25, 0.3) is 0 Å². The van der Waals surface area contributed by atoms with E-state index in [4.69, 9.17) is 5.11 Å². The van der Waals surface area contributed by atoms with Gasteiger partial charge in [-0.15, -0.1) is 11.3 Å². The number of carboxylic acids is 1. The van der Waals surface area contributed by atoms with Crippen LogP contribution in [0.15, 0.2) is 29.6 Å². The van der Waals surface area contributed by atoms with Crippen LogP contribution in [0.4, 0.5) is 4.39 Å². The first-order chi connectivity index (χ1) is 11.3. The second-order valence-electron chi connectivity index (χ2n) is 5.70. The molecule has 0 aliphatic carbocycles. The van der Waals surface area contributed by atoms with Crippen LogP contribution in [0.5, 0.6) is 0 Å². The molecule has 0 radical (unpaired) electrons. The summed E-state index contributed by atoms with van der Waals surface area (Å²) in [7, 11) is 0. The molecule has 2 aromatic rings. The lowest BCUT2D eigenvalue weighted by molar-refractivity contribution is -0.142. The highest BCUT2D eigenvalue weighted by atomic mass is 32.1. The molecule has 2 N–H and O–H groups in total. The lowest BCUT2D eigenvalue weighted by atomic mass is 10.0. The molecule has 1 aromatic carbocycles. The topological polar surface area (TPSA) is 79.3 Å². The van der Waals surface area contributed by atoms with Gasteiger partial charge in [0, 0.05) is 17.8 Å². The molecule has 1 heterocycles. The molecule has 0 aliphatic heterocycles. The Hall–Kier alpha value is -2.28. The van der Waals surface area contributed by atoms with Crippen molar-refractivity contribution in [3.05, 3.63) is 51.7 Å². The van der Waals surface area contributed by atoms with E-state index in [1.165, 1.54) is 23.5 Å². The number of carbonyl (C=O) groups is 2. The van der Waals surface area contributed by atoms with Crippen molar-refractivity contribution in [1.82, 2.24) is 10.3 Å². The summed E-state index contributed by atoms with van der Waals surface area (Å²) in [5.74, 6) is -2.13. The van der Waals surface area contributed by atoms with Gasteiger partial charge in [-0.2, -0.15) is 0 Å². The van der Waals surface area contributed by atoms with Crippen molar-refractivity contribution in [1.29, 1.82) is 0 Å². The summed E-state index contributed by atoms with van der Waals surface area (Å²) < 4.78 is 12.9. The van der Waals surface area contributed by atoms with Gasteiger partial charge in [0.15, 0.2) is 0 Å². The maximum atomic E-state index is 12.9.